The Hall–Kier alpha value is -2.36. The van der Waals surface area contributed by atoms with Crippen LogP contribution in [0.2, 0.25) is 0 Å². The van der Waals surface area contributed by atoms with Crippen molar-refractivity contribution in [3.63, 3.8) is 0 Å². The van der Waals surface area contributed by atoms with E-state index in [0.717, 1.165) is 5.39 Å². The molecule has 0 aliphatic heterocycles. The van der Waals surface area contributed by atoms with Crippen LogP contribution < -0.4 is 0 Å². The number of fused-ring (bicyclic) bond motifs is 1. The van der Waals surface area contributed by atoms with Crippen molar-refractivity contribution in [1.82, 2.24) is 4.90 Å². The summed E-state index contributed by atoms with van der Waals surface area (Å²) in [6.07, 6.45) is 3.56. The van der Waals surface area contributed by atoms with Crippen LogP contribution in [0.3, 0.4) is 0 Å². The average molecular weight is 242 g/mol. The fraction of sp³-hybridized carbons (Fsp3) is 0.143. The average Bonchev–Trinajstić information content (AvgIpc) is 2.35. The highest BCUT2D eigenvalue weighted by Crippen LogP contribution is 2.30. The molecule has 2 rings (SSSR count). The smallest absolute Gasteiger partial charge is 0.284 e. The zero-order valence-corrected chi connectivity index (χ0v) is 10.3. The van der Waals surface area contributed by atoms with Gasteiger partial charge in [-0.25, -0.2) is 0 Å². The van der Waals surface area contributed by atoms with Gasteiger partial charge in [0.15, 0.2) is 0 Å². The van der Waals surface area contributed by atoms with Crippen molar-refractivity contribution in [1.29, 1.82) is 0 Å². The first-order chi connectivity index (χ1) is 8.59. The topological polar surface area (TPSA) is 46.4 Å². The maximum atomic E-state index is 11.2. The number of hydrogen-bond acceptors (Lipinski definition) is 3. The molecule has 2 aromatic rings. The van der Waals surface area contributed by atoms with Gasteiger partial charge in [0.05, 0.1) is 15.9 Å². The van der Waals surface area contributed by atoms with Crippen LogP contribution in [0.25, 0.3) is 16.8 Å². The Morgan fingerprint density at radius 1 is 1.17 bits per heavy atom. The van der Waals surface area contributed by atoms with Crippen molar-refractivity contribution in [2.45, 2.75) is 0 Å². The molecule has 0 saturated heterocycles. The minimum Gasteiger partial charge on any atom is -0.383 e. The summed E-state index contributed by atoms with van der Waals surface area (Å²) in [5.41, 5.74) is 0.776. The number of nitrogens with zero attached hydrogens (tertiary/aromatic N) is 2. The second-order valence-corrected chi connectivity index (χ2v) is 4.26. The fourth-order valence-electron chi connectivity index (χ4n) is 1.84. The van der Waals surface area contributed by atoms with Crippen molar-refractivity contribution in [2.24, 2.45) is 0 Å². The molecule has 0 aliphatic rings. The molecule has 0 atom stereocenters. The summed E-state index contributed by atoms with van der Waals surface area (Å²) in [6.45, 7) is 0. The second-order valence-electron chi connectivity index (χ2n) is 4.26. The van der Waals surface area contributed by atoms with Gasteiger partial charge in [0.1, 0.15) is 0 Å². The Balaban J connectivity index is 2.67. The highest BCUT2D eigenvalue weighted by Gasteiger charge is 2.15. The number of nitro groups is 1. The molecule has 0 radical (unpaired) electrons. The predicted octanol–water partition coefficient (Wildman–Crippen LogP) is 3.28. The summed E-state index contributed by atoms with van der Waals surface area (Å²) in [5.74, 6) is 0. The number of rotatable bonds is 3. The first-order valence-electron chi connectivity index (χ1n) is 5.60. The number of nitro benzene ring substituents is 1. The van der Waals surface area contributed by atoms with Gasteiger partial charge in [0.25, 0.3) is 5.69 Å². The Kier molecular flexibility index (Phi) is 3.28. The van der Waals surface area contributed by atoms with Crippen LogP contribution in [-0.4, -0.2) is 23.9 Å². The summed E-state index contributed by atoms with van der Waals surface area (Å²) in [4.78, 5) is 12.8. The van der Waals surface area contributed by atoms with Crippen molar-refractivity contribution in [3.8, 4) is 0 Å². The molecule has 18 heavy (non-hydrogen) atoms. The lowest BCUT2D eigenvalue weighted by atomic mass is 10.0. The third-order valence-electron chi connectivity index (χ3n) is 2.67. The molecule has 0 N–H and O–H groups in total. The van der Waals surface area contributed by atoms with Gasteiger partial charge in [0.2, 0.25) is 0 Å². The molecule has 2 aromatic carbocycles. The van der Waals surface area contributed by atoms with E-state index in [1.54, 1.807) is 24.4 Å². The van der Waals surface area contributed by atoms with E-state index in [-0.39, 0.29) is 10.6 Å². The molecule has 0 aromatic heterocycles. The fourth-order valence-corrected chi connectivity index (χ4v) is 1.84. The van der Waals surface area contributed by atoms with Gasteiger partial charge in [0, 0.05) is 14.1 Å². The molecule has 0 spiro atoms. The second kappa shape index (κ2) is 4.87. The predicted molar refractivity (Wildman–Crippen MR) is 73.3 cm³/mol. The normalized spacial score (nSPS) is 11.0. The van der Waals surface area contributed by atoms with Crippen molar-refractivity contribution >= 4 is 22.5 Å². The monoisotopic (exact) mass is 242 g/mol. The third kappa shape index (κ3) is 2.32. The van der Waals surface area contributed by atoms with E-state index in [0.29, 0.717) is 10.9 Å². The minimum absolute atomic E-state index is 0.159. The Bertz CT molecular complexity index is 618. The van der Waals surface area contributed by atoms with Crippen molar-refractivity contribution < 1.29 is 4.92 Å². The number of hydrogen-bond donors (Lipinski definition) is 0. The standard InChI is InChI=1S/C14H14N2O2/c1-15(2)10-9-12-8-7-11-5-3-4-6-13(11)14(12)16(17)18/h3-10H,1-2H3/b10-9+. The molecular weight excluding hydrogens is 228 g/mol. The van der Waals surface area contributed by atoms with Gasteiger partial charge >= 0.3 is 0 Å². The van der Waals surface area contributed by atoms with E-state index in [1.165, 1.54) is 0 Å². The molecular formula is C14H14N2O2. The summed E-state index contributed by atoms with van der Waals surface area (Å²) in [5, 5.41) is 12.8. The van der Waals surface area contributed by atoms with Crippen LogP contribution in [0.1, 0.15) is 5.56 Å². The Morgan fingerprint density at radius 2 is 1.89 bits per heavy atom. The third-order valence-corrected chi connectivity index (χ3v) is 2.67. The molecule has 4 nitrogen and oxygen atoms in total. The summed E-state index contributed by atoms with van der Waals surface area (Å²) < 4.78 is 0. The zero-order valence-electron chi connectivity index (χ0n) is 10.3. The maximum Gasteiger partial charge on any atom is 0.284 e. The lowest BCUT2D eigenvalue weighted by Gasteiger charge is -2.05. The van der Waals surface area contributed by atoms with E-state index >= 15 is 0 Å². The number of benzene rings is 2. The first kappa shape index (κ1) is 12.1. The minimum atomic E-state index is -0.322. The molecule has 0 amide bonds. The first-order valence-corrected chi connectivity index (χ1v) is 5.60. The lowest BCUT2D eigenvalue weighted by Crippen LogP contribution is -2.00. The summed E-state index contributed by atoms with van der Waals surface area (Å²) in [6, 6.07) is 11.0. The van der Waals surface area contributed by atoms with Gasteiger partial charge in [-0.3, -0.25) is 10.1 Å². The van der Waals surface area contributed by atoms with Crippen molar-refractivity contribution in [3.05, 3.63) is 58.3 Å². The van der Waals surface area contributed by atoms with Crippen molar-refractivity contribution in [2.75, 3.05) is 14.1 Å². The molecule has 0 bridgehead atoms. The molecule has 0 fully saturated rings. The Morgan fingerprint density at radius 3 is 2.56 bits per heavy atom. The molecule has 0 unspecified atom stereocenters. The van der Waals surface area contributed by atoms with Crippen LogP contribution in [-0.2, 0) is 0 Å². The Labute approximate surface area is 105 Å². The van der Waals surface area contributed by atoms with Gasteiger partial charge < -0.3 is 4.90 Å². The maximum absolute atomic E-state index is 11.2. The molecule has 4 heteroatoms. The van der Waals surface area contributed by atoms with E-state index in [1.807, 2.05) is 43.3 Å². The van der Waals surface area contributed by atoms with Crippen LogP contribution in [0.5, 0.6) is 0 Å². The van der Waals surface area contributed by atoms with Crippen LogP contribution >= 0.6 is 0 Å². The van der Waals surface area contributed by atoms with Gasteiger partial charge in [-0.15, -0.1) is 0 Å². The van der Waals surface area contributed by atoms with Crippen LogP contribution in [0.15, 0.2) is 42.6 Å². The molecule has 0 aliphatic carbocycles. The zero-order chi connectivity index (χ0) is 13.1. The highest BCUT2D eigenvalue weighted by molar-refractivity contribution is 5.94. The SMILES string of the molecule is CN(C)/C=C/c1ccc2ccccc2c1[N+](=O)[O-]. The van der Waals surface area contributed by atoms with E-state index in [2.05, 4.69) is 0 Å². The lowest BCUT2D eigenvalue weighted by molar-refractivity contribution is -0.383. The molecule has 0 heterocycles. The summed E-state index contributed by atoms with van der Waals surface area (Å²) in [7, 11) is 3.76. The van der Waals surface area contributed by atoms with Gasteiger partial charge in [-0.2, -0.15) is 0 Å². The van der Waals surface area contributed by atoms with Gasteiger partial charge in [-0.1, -0.05) is 24.3 Å². The molecule has 0 saturated carbocycles. The quantitative estimate of drug-likeness (QED) is 0.613. The largest absolute Gasteiger partial charge is 0.383 e. The highest BCUT2D eigenvalue weighted by atomic mass is 16.6. The van der Waals surface area contributed by atoms with E-state index in [4.69, 9.17) is 0 Å². The van der Waals surface area contributed by atoms with E-state index < -0.39 is 0 Å². The van der Waals surface area contributed by atoms with Gasteiger partial charge in [-0.05, 0) is 29.8 Å². The van der Waals surface area contributed by atoms with E-state index in [9.17, 15) is 10.1 Å². The van der Waals surface area contributed by atoms with Crippen LogP contribution in [0, 0.1) is 10.1 Å². The van der Waals surface area contributed by atoms with Crippen LogP contribution in [0.4, 0.5) is 5.69 Å². The molecule has 92 valence electrons. The summed E-state index contributed by atoms with van der Waals surface area (Å²) >= 11 is 0.